The van der Waals surface area contributed by atoms with Crippen molar-refractivity contribution in [1.29, 1.82) is 0 Å². The third-order valence-corrected chi connectivity index (χ3v) is 4.31. The zero-order valence-corrected chi connectivity index (χ0v) is 14.5. The molecule has 0 radical (unpaired) electrons. The van der Waals surface area contributed by atoms with Crippen LogP contribution in [0.2, 0.25) is 0 Å². The maximum Gasteiger partial charge on any atom is 0.408 e. The summed E-state index contributed by atoms with van der Waals surface area (Å²) in [4.78, 5) is 11.3. The lowest BCUT2D eigenvalue weighted by molar-refractivity contribution is -0.138. The van der Waals surface area contributed by atoms with Gasteiger partial charge in [0.25, 0.3) is 5.92 Å². The summed E-state index contributed by atoms with van der Waals surface area (Å²) in [6.07, 6.45) is -12.5. The molecule has 0 aromatic carbocycles. The Hall–Kier alpha value is -2.11. The van der Waals surface area contributed by atoms with Gasteiger partial charge in [-0.15, -0.1) is 0 Å². The van der Waals surface area contributed by atoms with Crippen LogP contribution in [0.15, 0.2) is 5.83 Å². The lowest BCUT2D eigenvalue weighted by Gasteiger charge is -2.35. The molecule has 0 bridgehead atoms. The summed E-state index contributed by atoms with van der Waals surface area (Å²) in [7, 11) is 0. The van der Waals surface area contributed by atoms with E-state index in [1.165, 1.54) is 0 Å². The van der Waals surface area contributed by atoms with Gasteiger partial charge in [-0.2, -0.15) is 28.1 Å². The van der Waals surface area contributed by atoms with Crippen molar-refractivity contribution in [2.24, 2.45) is 0 Å². The molecule has 1 aromatic heterocycles. The van der Waals surface area contributed by atoms with Gasteiger partial charge in [0.2, 0.25) is 11.9 Å². The molecule has 156 valence electrons. The Morgan fingerprint density at radius 1 is 1.25 bits per heavy atom. The fraction of sp³-hybridized carbons (Fsp3) is 0.688. The normalized spacial score (nSPS) is 29.9. The Kier molecular flexibility index (Phi) is 4.43. The van der Waals surface area contributed by atoms with Gasteiger partial charge in [-0.05, 0) is 26.1 Å². The van der Waals surface area contributed by atoms with E-state index in [1.54, 1.807) is 0 Å². The number of anilines is 2. The van der Waals surface area contributed by atoms with E-state index < -0.39 is 85.0 Å². The highest BCUT2D eigenvalue weighted by Gasteiger charge is 2.45. The Bertz CT molecular complexity index is 887. The van der Waals surface area contributed by atoms with Crippen LogP contribution >= 0.6 is 0 Å². The zero-order valence-electron chi connectivity index (χ0n) is 17.5. The number of hydrogen-bond donors (Lipinski definition) is 3. The first-order valence-corrected chi connectivity index (χ1v) is 8.37. The van der Waals surface area contributed by atoms with Gasteiger partial charge < -0.3 is 15.7 Å². The molecule has 28 heavy (non-hydrogen) atoms. The van der Waals surface area contributed by atoms with Crippen molar-refractivity contribution in [1.82, 2.24) is 15.0 Å². The molecule has 3 rings (SSSR count). The van der Waals surface area contributed by atoms with Crippen LogP contribution in [0.1, 0.15) is 48.9 Å². The van der Waals surface area contributed by atoms with Crippen LogP contribution in [0.5, 0.6) is 0 Å². The second-order valence-electron chi connectivity index (χ2n) is 6.64. The predicted molar refractivity (Wildman–Crippen MR) is 88.4 cm³/mol. The first-order valence-electron chi connectivity index (χ1n) is 9.87. The molecule has 1 saturated carbocycles. The topological polar surface area (TPSA) is 83.0 Å². The lowest BCUT2D eigenvalue weighted by atomic mass is 9.88. The van der Waals surface area contributed by atoms with Gasteiger partial charge in [0, 0.05) is 27.2 Å². The lowest BCUT2D eigenvalue weighted by Crippen LogP contribution is -2.44. The van der Waals surface area contributed by atoms with E-state index in [9.17, 15) is 31.4 Å². The molecule has 3 N–H and O–H groups in total. The number of aromatic nitrogens is 3. The molecule has 6 nitrogen and oxygen atoms in total. The van der Waals surface area contributed by atoms with Crippen molar-refractivity contribution in [2.75, 3.05) is 10.6 Å². The number of alkyl halides is 5. The molecule has 0 unspecified atom stereocenters. The number of rotatable bonds is 5. The average Bonchev–Trinajstić information content (AvgIpc) is 2.57. The summed E-state index contributed by atoms with van der Waals surface area (Å²) in [5, 5.41) is 14.5. The largest absolute Gasteiger partial charge is 0.408 e. The number of nitrogens with zero attached hydrogens (tertiary/aromatic N) is 3. The van der Waals surface area contributed by atoms with Crippen molar-refractivity contribution < 1.29 is 35.6 Å². The molecule has 0 aliphatic heterocycles. The fourth-order valence-corrected chi connectivity index (χ4v) is 2.71. The van der Waals surface area contributed by atoms with Gasteiger partial charge in [0.15, 0.2) is 5.82 Å². The predicted octanol–water partition coefficient (Wildman–Crippen LogP) is 3.67. The van der Waals surface area contributed by atoms with Crippen LogP contribution in [-0.2, 0) is 0 Å². The van der Waals surface area contributed by atoms with E-state index in [-0.39, 0.29) is 6.42 Å². The number of halogens is 6. The minimum Gasteiger partial charge on any atom is -0.386 e. The maximum absolute atomic E-state index is 14.7. The van der Waals surface area contributed by atoms with Gasteiger partial charge in [-0.25, -0.2) is 13.2 Å². The molecule has 1 fully saturated rings. The molecular formula is C16H19F6N5O. The van der Waals surface area contributed by atoms with Crippen LogP contribution in [-0.4, -0.2) is 50.3 Å². The van der Waals surface area contributed by atoms with E-state index >= 15 is 0 Å². The minimum atomic E-state index is -4.68. The van der Waals surface area contributed by atoms with Crippen LogP contribution in [0.4, 0.5) is 38.2 Å². The second kappa shape index (κ2) is 7.37. The summed E-state index contributed by atoms with van der Waals surface area (Å²) < 4.78 is 102. The molecule has 0 saturated heterocycles. The van der Waals surface area contributed by atoms with E-state index in [1.807, 2.05) is 5.32 Å². The summed E-state index contributed by atoms with van der Waals surface area (Å²) in [6, 6.07) is -2.89. The highest BCUT2D eigenvalue weighted by molar-refractivity contribution is 5.65. The van der Waals surface area contributed by atoms with Crippen molar-refractivity contribution in [3.8, 4) is 0 Å². The average molecular weight is 414 g/mol. The van der Waals surface area contributed by atoms with Gasteiger partial charge in [-0.1, -0.05) is 0 Å². The molecule has 2 aliphatic rings. The smallest absolute Gasteiger partial charge is 0.386 e. The van der Waals surface area contributed by atoms with Gasteiger partial charge >= 0.3 is 6.18 Å². The SMILES string of the molecule is [2H]C1([2H])CCC(c2nc(NC3CC(F)(F)C3)nc(N[C@@H](C)C(F)(F)F)n2)=C(F)[C@@]1([2H])O. The zero-order chi connectivity index (χ0) is 23.4. The molecule has 0 amide bonds. The molecular weight excluding hydrogens is 392 g/mol. The number of allylic oxidation sites excluding steroid dienone is 1. The highest BCUT2D eigenvalue weighted by Crippen LogP contribution is 2.39. The van der Waals surface area contributed by atoms with Gasteiger partial charge in [-0.3, -0.25) is 0 Å². The molecule has 2 atom stereocenters. The van der Waals surface area contributed by atoms with E-state index in [2.05, 4.69) is 20.3 Å². The van der Waals surface area contributed by atoms with Crippen molar-refractivity contribution in [2.45, 2.75) is 69.2 Å². The Labute approximate surface area is 160 Å². The van der Waals surface area contributed by atoms with E-state index in [0.717, 1.165) is 6.92 Å². The quantitative estimate of drug-likeness (QED) is 0.638. The Balaban J connectivity index is 1.99. The van der Waals surface area contributed by atoms with Gasteiger partial charge in [0.05, 0.1) is 1.37 Å². The monoisotopic (exact) mass is 414 g/mol. The first-order chi connectivity index (χ1) is 14.0. The highest BCUT2D eigenvalue weighted by atomic mass is 19.4. The molecule has 1 aromatic rings. The van der Waals surface area contributed by atoms with Crippen LogP contribution in [0, 0.1) is 0 Å². The molecule has 2 aliphatic carbocycles. The number of aliphatic hydroxyl groups is 1. The maximum atomic E-state index is 14.7. The second-order valence-corrected chi connectivity index (χ2v) is 6.64. The van der Waals surface area contributed by atoms with Gasteiger partial charge in [0.1, 0.15) is 17.9 Å². The summed E-state index contributed by atoms with van der Waals surface area (Å²) >= 11 is 0. The molecule has 0 spiro atoms. The van der Waals surface area contributed by atoms with Crippen LogP contribution in [0.25, 0.3) is 5.57 Å². The van der Waals surface area contributed by atoms with Crippen LogP contribution in [0.3, 0.4) is 0 Å². The number of hydrogen-bond acceptors (Lipinski definition) is 6. The van der Waals surface area contributed by atoms with E-state index in [0.29, 0.717) is 0 Å². The summed E-state index contributed by atoms with van der Waals surface area (Å²) in [6.45, 7) is 0.778. The standard InChI is InChI=1S/C16H19F6N5O/c1-7(16(20,21)22)23-13-25-12(9-3-2-4-10(28)11(9)17)26-14(27-13)24-8-5-15(18,19)6-8/h7-8,10,28H,2-6H2,1H3,(H2,23,24,25,26,27)/t7-,10-/m0/s1/i4D2,10D. The van der Waals surface area contributed by atoms with E-state index in [4.69, 9.17) is 4.11 Å². The number of nitrogens with one attached hydrogen (secondary N) is 2. The third-order valence-electron chi connectivity index (χ3n) is 4.31. The Morgan fingerprint density at radius 3 is 2.50 bits per heavy atom. The van der Waals surface area contributed by atoms with Crippen molar-refractivity contribution >= 4 is 17.5 Å². The first kappa shape index (κ1) is 16.8. The van der Waals surface area contributed by atoms with Crippen molar-refractivity contribution in [3.05, 3.63) is 11.7 Å². The minimum absolute atomic E-state index is 0.362. The molecule has 1 heterocycles. The van der Waals surface area contributed by atoms with Crippen LogP contribution < -0.4 is 10.6 Å². The van der Waals surface area contributed by atoms with Crippen molar-refractivity contribution in [3.63, 3.8) is 0 Å². The Morgan fingerprint density at radius 2 is 1.89 bits per heavy atom. The summed E-state index contributed by atoms with van der Waals surface area (Å²) in [5.74, 6) is -6.06. The summed E-state index contributed by atoms with van der Waals surface area (Å²) in [5.41, 5.74) is -0.486. The third kappa shape index (κ3) is 4.65. The molecule has 12 heteroatoms. The fourth-order valence-electron chi connectivity index (χ4n) is 2.71.